The second-order valence-corrected chi connectivity index (χ2v) is 5.86. The van der Waals surface area contributed by atoms with Crippen LogP contribution in [0.5, 0.6) is 0 Å². The fraction of sp³-hybridized carbons (Fsp3) is 0.909. The summed E-state index contributed by atoms with van der Waals surface area (Å²) < 4.78 is 0. The van der Waals surface area contributed by atoms with Crippen molar-refractivity contribution in [1.29, 1.82) is 0 Å². The molecule has 2 saturated carbocycles. The maximum Gasteiger partial charge on any atom is 0.228 e. The van der Waals surface area contributed by atoms with Gasteiger partial charge in [0.05, 0.1) is 5.41 Å². The van der Waals surface area contributed by atoms with Gasteiger partial charge in [-0.1, -0.05) is 13.8 Å². The van der Waals surface area contributed by atoms with Gasteiger partial charge in [0.2, 0.25) is 5.91 Å². The van der Waals surface area contributed by atoms with Crippen LogP contribution in [0.2, 0.25) is 0 Å². The predicted molar refractivity (Wildman–Crippen MR) is 50.0 cm³/mol. The third-order valence-corrected chi connectivity index (χ3v) is 4.96. The second kappa shape index (κ2) is 1.79. The molecule has 3 fully saturated rings. The highest BCUT2D eigenvalue weighted by molar-refractivity contribution is 5.90. The Labute approximate surface area is 79.1 Å². The lowest BCUT2D eigenvalue weighted by Crippen LogP contribution is -2.68. The Hall–Kier alpha value is -0.530. The zero-order valence-corrected chi connectivity index (χ0v) is 8.55. The lowest BCUT2D eigenvalue weighted by atomic mass is 9.65. The van der Waals surface area contributed by atoms with E-state index in [0.29, 0.717) is 17.4 Å². The van der Waals surface area contributed by atoms with Crippen molar-refractivity contribution in [2.24, 2.45) is 22.7 Å². The highest BCUT2D eigenvalue weighted by Gasteiger charge is 2.71. The molecule has 2 heteroatoms. The van der Waals surface area contributed by atoms with E-state index in [1.165, 1.54) is 6.42 Å². The highest BCUT2D eigenvalue weighted by atomic mass is 16.2. The predicted octanol–water partition coefficient (Wildman–Crippen LogP) is 1.56. The van der Waals surface area contributed by atoms with Crippen LogP contribution in [0.4, 0.5) is 0 Å². The van der Waals surface area contributed by atoms with Crippen molar-refractivity contribution in [2.75, 3.05) is 0 Å². The van der Waals surface area contributed by atoms with E-state index in [4.69, 9.17) is 0 Å². The van der Waals surface area contributed by atoms with E-state index in [2.05, 4.69) is 26.1 Å². The van der Waals surface area contributed by atoms with Gasteiger partial charge < -0.3 is 5.32 Å². The van der Waals surface area contributed by atoms with Crippen molar-refractivity contribution in [3.63, 3.8) is 0 Å². The fourth-order valence-corrected chi connectivity index (χ4v) is 3.74. The van der Waals surface area contributed by atoms with Gasteiger partial charge in [0.25, 0.3) is 0 Å². The van der Waals surface area contributed by atoms with E-state index in [-0.39, 0.29) is 5.41 Å². The molecule has 0 radical (unpaired) electrons. The Bertz CT molecular complexity index is 296. The fourth-order valence-electron chi connectivity index (χ4n) is 3.74. The molecule has 1 aliphatic heterocycles. The van der Waals surface area contributed by atoms with E-state index in [1.807, 2.05) is 0 Å². The molecule has 0 aromatic carbocycles. The van der Waals surface area contributed by atoms with E-state index in [0.717, 1.165) is 18.3 Å². The van der Waals surface area contributed by atoms with Crippen LogP contribution < -0.4 is 5.32 Å². The average Bonchev–Trinajstić information content (AvgIpc) is 2.59. The molecule has 13 heavy (non-hydrogen) atoms. The van der Waals surface area contributed by atoms with Crippen LogP contribution in [0.3, 0.4) is 0 Å². The Kier molecular flexibility index (Phi) is 1.08. The van der Waals surface area contributed by atoms with Crippen LogP contribution in [0.25, 0.3) is 0 Å². The number of hydrogen-bond donors (Lipinski definition) is 1. The number of hydrogen-bond acceptors (Lipinski definition) is 1. The molecule has 1 N–H and O–H groups in total. The third-order valence-electron chi connectivity index (χ3n) is 4.96. The van der Waals surface area contributed by atoms with Crippen LogP contribution in [0.1, 0.15) is 33.6 Å². The molecule has 2 nitrogen and oxygen atoms in total. The van der Waals surface area contributed by atoms with Gasteiger partial charge in [-0.3, -0.25) is 4.79 Å². The van der Waals surface area contributed by atoms with Gasteiger partial charge in [0.15, 0.2) is 0 Å². The van der Waals surface area contributed by atoms with Crippen molar-refractivity contribution in [2.45, 2.75) is 39.7 Å². The summed E-state index contributed by atoms with van der Waals surface area (Å²) in [6, 6.07) is 0.494. The molecule has 3 rings (SSSR count). The van der Waals surface area contributed by atoms with Gasteiger partial charge in [-0.2, -0.15) is 0 Å². The highest BCUT2D eigenvalue weighted by Crippen LogP contribution is 2.69. The monoisotopic (exact) mass is 179 g/mol. The summed E-state index contributed by atoms with van der Waals surface area (Å²) in [7, 11) is 0. The summed E-state index contributed by atoms with van der Waals surface area (Å²) in [5.41, 5.74) is 0.491. The Morgan fingerprint density at radius 1 is 1.38 bits per heavy atom. The molecule has 3 aliphatic rings. The maximum atomic E-state index is 11.5. The van der Waals surface area contributed by atoms with E-state index in [1.54, 1.807) is 0 Å². The summed E-state index contributed by atoms with van der Waals surface area (Å²) in [5.74, 6) is 1.94. The van der Waals surface area contributed by atoms with Gasteiger partial charge in [-0.05, 0) is 37.0 Å². The molecule has 0 unspecified atom stereocenters. The zero-order chi connectivity index (χ0) is 9.43. The minimum atomic E-state index is -0.00502. The Morgan fingerprint density at radius 3 is 2.69 bits per heavy atom. The Balaban J connectivity index is 1.92. The van der Waals surface area contributed by atoms with Gasteiger partial charge in [0, 0.05) is 6.04 Å². The standard InChI is InChI=1S/C11H17NO/c1-10(2)6-4-5-11(3)8(7(6)10)12-9(11)13/h6-8H,4-5H2,1-3H3,(H,12,13)/t6-,7-,8+,11-/m1/s1. The molecular formula is C11H17NO. The molecule has 72 valence electrons. The van der Waals surface area contributed by atoms with Crippen molar-refractivity contribution in [3.05, 3.63) is 0 Å². The normalized spacial score (nSPS) is 55.6. The minimum absolute atomic E-state index is 0.00502. The average molecular weight is 179 g/mol. The van der Waals surface area contributed by atoms with Crippen LogP contribution in [0, 0.1) is 22.7 Å². The number of amides is 1. The Morgan fingerprint density at radius 2 is 2.08 bits per heavy atom. The molecule has 0 aromatic rings. The molecule has 0 bridgehead atoms. The smallest absolute Gasteiger partial charge is 0.228 e. The topological polar surface area (TPSA) is 29.1 Å². The minimum Gasteiger partial charge on any atom is -0.351 e. The van der Waals surface area contributed by atoms with E-state index >= 15 is 0 Å². The molecule has 1 saturated heterocycles. The lowest BCUT2D eigenvalue weighted by molar-refractivity contribution is -0.148. The molecule has 1 amide bonds. The lowest BCUT2D eigenvalue weighted by Gasteiger charge is -2.49. The largest absolute Gasteiger partial charge is 0.351 e. The van der Waals surface area contributed by atoms with Crippen LogP contribution in [0.15, 0.2) is 0 Å². The summed E-state index contributed by atoms with van der Waals surface area (Å²) in [5, 5.41) is 3.09. The first-order chi connectivity index (χ1) is 5.98. The summed E-state index contributed by atoms with van der Waals surface area (Å²) in [6.07, 6.45) is 2.37. The number of β-lactam (4-membered cyclic amide) rings is 1. The van der Waals surface area contributed by atoms with Crippen molar-refractivity contribution in [3.8, 4) is 0 Å². The number of fused-ring (bicyclic) bond motifs is 3. The molecule has 1 heterocycles. The van der Waals surface area contributed by atoms with Crippen molar-refractivity contribution < 1.29 is 4.79 Å². The molecule has 4 atom stereocenters. The van der Waals surface area contributed by atoms with Gasteiger partial charge >= 0.3 is 0 Å². The summed E-state index contributed by atoms with van der Waals surface area (Å²) >= 11 is 0. The molecule has 0 spiro atoms. The van der Waals surface area contributed by atoms with Crippen molar-refractivity contribution in [1.82, 2.24) is 5.32 Å². The van der Waals surface area contributed by atoms with Gasteiger partial charge in [0.1, 0.15) is 0 Å². The second-order valence-electron chi connectivity index (χ2n) is 5.86. The van der Waals surface area contributed by atoms with Crippen LogP contribution >= 0.6 is 0 Å². The number of carbonyl (C=O) groups is 1. The quantitative estimate of drug-likeness (QED) is 0.562. The SMILES string of the molecule is CC1(C)[C@@H]2[C@H]1CC[C@@]1(C)C(=O)N[C@@H]21. The van der Waals surface area contributed by atoms with E-state index in [9.17, 15) is 4.79 Å². The third kappa shape index (κ3) is 0.660. The number of nitrogens with one attached hydrogen (secondary N) is 1. The van der Waals surface area contributed by atoms with Crippen LogP contribution in [-0.4, -0.2) is 11.9 Å². The first-order valence-corrected chi connectivity index (χ1v) is 5.29. The molecular weight excluding hydrogens is 162 g/mol. The van der Waals surface area contributed by atoms with Gasteiger partial charge in [-0.25, -0.2) is 0 Å². The summed E-state index contributed by atoms with van der Waals surface area (Å²) in [6.45, 7) is 6.83. The maximum absolute atomic E-state index is 11.5. The zero-order valence-electron chi connectivity index (χ0n) is 8.55. The van der Waals surface area contributed by atoms with Crippen molar-refractivity contribution >= 4 is 5.91 Å². The first kappa shape index (κ1) is 7.84. The molecule has 0 aromatic heterocycles. The van der Waals surface area contributed by atoms with Crippen LogP contribution in [-0.2, 0) is 4.79 Å². The first-order valence-electron chi connectivity index (χ1n) is 5.29. The molecule has 2 aliphatic carbocycles. The number of rotatable bonds is 0. The number of carbonyl (C=O) groups excluding carboxylic acids is 1. The van der Waals surface area contributed by atoms with E-state index < -0.39 is 0 Å². The summed E-state index contributed by atoms with van der Waals surface area (Å²) in [4.78, 5) is 11.5. The van der Waals surface area contributed by atoms with Gasteiger partial charge in [-0.15, -0.1) is 0 Å².